The van der Waals surface area contributed by atoms with Gasteiger partial charge in [0.1, 0.15) is 11.9 Å². The smallest absolute Gasteiger partial charge is 0.431 e. The molecular formula is C23H37ClO4. The van der Waals surface area contributed by atoms with E-state index in [1.807, 2.05) is 0 Å². The molecule has 3 saturated carbocycles. The number of Topliss-reactive ketones (excluding diaryl/α,β-unsaturated/α-hetero) is 1. The van der Waals surface area contributed by atoms with Gasteiger partial charge in [-0.05, 0) is 86.9 Å². The fourth-order valence-corrected chi connectivity index (χ4v) is 7.25. The van der Waals surface area contributed by atoms with Crippen LogP contribution in [0.25, 0.3) is 0 Å². The van der Waals surface area contributed by atoms with Crippen molar-refractivity contribution in [3.8, 4) is 0 Å². The number of hydrogen-bond acceptors (Lipinski definition) is 4. The summed E-state index contributed by atoms with van der Waals surface area (Å²) in [5, 5.41) is 0. The molecule has 3 rings (SSSR count). The number of rotatable bonds is 5. The highest BCUT2D eigenvalue weighted by atomic mass is 35.5. The Morgan fingerprint density at radius 1 is 1.00 bits per heavy atom. The summed E-state index contributed by atoms with van der Waals surface area (Å²) in [6.07, 6.45) is 9.26. The Morgan fingerprint density at radius 2 is 1.68 bits per heavy atom. The predicted octanol–water partition coefficient (Wildman–Crippen LogP) is 6.34. The first-order valence-electron chi connectivity index (χ1n) is 11.1. The van der Waals surface area contributed by atoms with Crippen LogP contribution in [-0.4, -0.2) is 24.1 Å². The number of hydrogen-bond donors (Lipinski definition) is 0. The number of alkyl halides is 1. The van der Waals surface area contributed by atoms with E-state index >= 15 is 0 Å². The minimum Gasteiger partial charge on any atom is -0.431 e. The van der Waals surface area contributed by atoms with Gasteiger partial charge in [-0.3, -0.25) is 4.79 Å². The molecule has 5 heteroatoms. The summed E-state index contributed by atoms with van der Waals surface area (Å²) in [5.41, 5.74) is 0.507. The first kappa shape index (κ1) is 21.9. The van der Waals surface area contributed by atoms with Gasteiger partial charge in [0.15, 0.2) is 6.07 Å². The van der Waals surface area contributed by atoms with Gasteiger partial charge in [0, 0.05) is 5.92 Å². The summed E-state index contributed by atoms with van der Waals surface area (Å²) in [4.78, 5) is 23.8. The molecule has 0 heterocycles. The molecule has 1 unspecified atom stereocenters. The summed E-state index contributed by atoms with van der Waals surface area (Å²) in [5.74, 6) is 2.60. The molecule has 3 aliphatic rings. The molecule has 0 amide bonds. The molecule has 28 heavy (non-hydrogen) atoms. The van der Waals surface area contributed by atoms with E-state index in [2.05, 4.69) is 20.8 Å². The average molecular weight is 413 g/mol. The fraction of sp³-hybridized carbons (Fsp3) is 0.913. The monoisotopic (exact) mass is 412 g/mol. The lowest BCUT2D eigenvalue weighted by molar-refractivity contribution is -0.126. The number of halogens is 1. The Balaban J connectivity index is 1.67. The lowest BCUT2D eigenvalue weighted by atomic mass is 9.52. The van der Waals surface area contributed by atoms with Gasteiger partial charge in [0.25, 0.3) is 0 Å². The van der Waals surface area contributed by atoms with Crippen LogP contribution in [0.5, 0.6) is 0 Å². The van der Waals surface area contributed by atoms with Crippen LogP contribution in [0.3, 0.4) is 0 Å². The zero-order chi connectivity index (χ0) is 20.5. The van der Waals surface area contributed by atoms with Crippen molar-refractivity contribution in [2.24, 2.45) is 34.5 Å². The van der Waals surface area contributed by atoms with Gasteiger partial charge in [0.05, 0.1) is 0 Å². The molecule has 4 nitrogen and oxygen atoms in total. The molecule has 0 aromatic rings. The van der Waals surface area contributed by atoms with E-state index in [-0.39, 0.29) is 23.5 Å². The van der Waals surface area contributed by atoms with Crippen LogP contribution in [0.1, 0.15) is 85.5 Å². The second kappa shape index (κ2) is 8.53. The molecule has 3 aliphatic carbocycles. The molecule has 160 valence electrons. The summed E-state index contributed by atoms with van der Waals surface area (Å²) in [7, 11) is 0. The first-order chi connectivity index (χ1) is 13.2. The fourth-order valence-electron chi connectivity index (χ4n) is 7.16. The number of carbonyl (C=O) groups excluding carboxylic acids is 2. The summed E-state index contributed by atoms with van der Waals surface area (Å²) in [6, 6.07) is -0.163. The maximum absolute atomic E-state index is 12.2. The highest BCUT2D eigenvalue weighted by molar-refractivity contribution is 6.17. The Bertz CT molecular complexity index is 593. The Morgan fingerprint density at radius 3 is 2.32 bits per heavy atom. The number of carbonyl (C=O) groups is 2. The molecule has 0 bridgehead atoms. The van der Waals surface area contributed by atoms with Crippen LogP contribution < -0.4 is 0 Å². The van der Waals surface area contributed by atoms with Crippen molar-refractivity contribution in [2.45, 2.75) is 91.6 Å². The van der Waals surface area contributed by atoms with Crippen molar-refractivity contribution >= 4 is 23.5 Å². The van der Waals surface area contributed by atoms with Crippen molar-refractivity contribution in [1.82, 2.24) is 0 Å². The Kier molecular flexibility index (Phi) is 6.68. The number of ether oxygens (including phenoxy) is 2. The third-order valence-corrected chi connectivity index (χ3v) is 9.08. The van der Waals surface area contributed by atoms with Gasteiger partial charge in [-0.1, -0.05) is 38.8 Å². The SMILES string of the molecule is CC[C@H]1C[C@H](OC(=O)OCCl)CC[C@]1(C)[C@H]1CC[C@]2(C)C(C(C)=O)CC[C@H]2C1. The van der Waals surface area contributed by atoms with E-state index in [4.69, 9.17) is 21.1 Å². The van der Waals surface area contributed by atoms with E-state index in [0.29, 0.717) is 29.0 Å². The van der Waals surface area contributed by atoms with E-state index in [1.54, 1.807) is 6.92 Å². The highest BCUT2D eigenvalue weighted by Crippen LogP contribution is 2.62. The summed E-state index contributed by atoms with van der Waals surface area (Å²) in [6.45, 7) is 8.89. The Labute approximate surface area is 175 Å². The third kappa shape index (κ3) is 3.95. The lowest BCUT2D eigenvalue weighted by Crippen LogP contribution is -2.47. The second-order valence-electron chi connectivity index (χ2n) is 10.0. The van der Waals surface area contributed by atoms with Crippen molar-refractivity contribution in [3.05, 3.63) is 0 Å². The highest BCUT2D eigenvalue weighted by Gasteiger charge is 2.55. The van der Waals surface area contributed by atoms with Crippen LogP contribution in [-0.2, 0) is 14.3 Å². The van der Waals surface area contributed by atoms with Gasteiger partial charge in [-0.2, -0.15) is 0 Å². The van der Waals surface area contributed by atoms with Crippen LogP contribution in [0.15, 0.2) is 0 Å². The lowest BCUT2D eigenvalue weighted by Gasteiger charge is -2.53. The van der Waals surface area contributed by atoms with Crippen molar-refractivity contribution in [2.75, 3.05) is 6.07 Å². The average Bonchev–Trinajstić information content (AvgIpc) is 3.00. The molecular weight excluding hydrogens is 376 g/mol. The molecule has 0 aromatic heterocycles. The van der Waals surface area contributed by atoms with Crippen molar-refractivity contribution in [3.63, 3.8) is 0 Å². The normalized spacial score (nSPS) is 43.2. The predicted molar refractivity (Wildman–Crippen MR) is 110 cm³/mol. The van der Waals surface area contributed by atoms with E-state index in [9.17, 15) is 9.59 Å². The van der Waals surface area contributed by atoms with Crippen molar-refractivity contribution in [1.29, 1.82) is 0 Å². The van der Waals surface area contributed by atoms with Gasteiger partial charge < -0.3 is 9.47 Å². The molecule has 0 aromatic carbocycles. The van der Waals surface area contributed by atoms with Crippen LogP contribution in [0, 0.1) is 34.5 Å². The molecule has 0 N–H and O–H groups in total. The quantitative estimate of drug-likeness (QED) is 0.390. The van der Waals surface area contributed by atoms with E-state index < -0.39 is 6.16 Å². The molecule has 0 radical (unpaired) electrons. The molecule has 0 spiro atoms. The zero-order valence-electron chi connectivity index (χ0n) is 18.0. The van der Waals surface area contributed by atoms with Gasteiger partial charge >= 0.3 is 6.16 Å². The first-order valence-corrected chi connectivity index (χ1v) is 11.7. The largest absolute Gasteiger partial charge is 0.509 e. The zero-order valence-corrected chi connectivity index (χ0v) is 18.7. The van der Waals surface area contributed by atoms with E-state index in [1.165, 1.54) is 25.7 Å². The van der Waals surface area contributed by atoms with Gasteiger partial charge in [0.2, 0.25) is 0 Å². The molecule has 3 fully saturated rings. The van der Waals surface area contributed by atoms with Gasteiger partial charge in [-0.15, -0.1) is 0 Å². The maximum atomic E-state index is 12.2. The van der Waals surface area contributed by atoms with Crippen LogP contribution in [0.4, 0.5) is 4.79 Å². The minimum absolute atomic E-state index is 0.0591. The summed E-state index contributed by atoms with van der Waals surface area (Å²) < 4.78 is 10.2. The topological polar surface area (TPSA) is 52.6 Å². The molecule has 7 atom stereocenters. The minimum atomic E-state index is -0.645. The van der Waals surface area contributed by atoms with Crippen LogP contribution in [0.2, 0.25) is 0 Å². The third-order valence-electron chi connectivity index (χ3n) is 8.97. The van der Waals surface area contributed by atoms with Crippen LogP contribution >= 0.6 is 11.6 Å². The summed E-state index contributed by atoms with van der Waals surface area (Å²) >= 11 is 5.46. The second-order valence-corrected chi connectivity index (χ2v) is 10.3. The molecule has 0 aliphatic heterocycles. The maximum Gasteiger partial charge on any atom is 0.509 e. The Hall–Kier alpha value is -0.770. The van der Waals surface area contributed by atoms with Gasteiger partial charge in [-0.25, -0.2) is 4.79 Å². The standard InChI is InChI=1S/C23H37ClO4/c1-5-16-13-19(28-21(26)27-14-24)9-11-22(16,3)18-8-10-23(4)17(12-18)6-7-20(23)15(2)25/h16-20H,5-14H2,1-4H3/t16-,17-,18-,19+,20?,22-,23-/m0/s1. The van der Waals surface area contributed by atoms with Crippen molar-refractivity contribution < 1.29 is 19.1 Å². The molecule has 0 saturated heterocycles. The number of ketones is 1. The number of fused-ring (bicyclic) bond motifs is 1. The van der Waals surface area contributed by atoms with E-state index in [0.717, 1.165) is 32.1 Å².